The smallest absolute Gasteiger partial charge is 0.462 e. The second kappa shape index (κ2) is 66.3. The number of phosphoric acid groups is 2. The van der Waals surface area contributed by atoms with Crippen LogP contribution in [0, 0.1) is 23.7 Å². The van der Waals surface area contributed by atoms with Crippen LogP contribution in [-0.4, -0.2) is 96.7 Å². The number of ether oxygens (including phenoxy) is 4. The quantitative estimate of drug-likeness (QED) is 0.0222. The van der Waals surface area contributed by atoms with Gasteiger partial charge in [-0.25, -0.2) is 9.13 Å². The number of unbranched alkanes of at least 4 members (excludes halogenated alkanes) is 40. The van der Waals surface area contributed by atoms with Crippen molar-refractivity contribution >= 4 is 39.5 Å². The van der Waals surface area contributed by atoms with E-state index in [1.165, 1.54) is 180 Å². The fourth-order valence-corrected chi connectivity index (χ4v) is 13.3. The molecule has 0 aromatic heterocycles. The van der Waals surface area contributed by atoms with Crippen LogP contribution < -0.4 is 0 Å². The third-order valence-corrected chi connectivity index (χ3v) is 19.7. The molecular weight excluding hydrogens is 1260 g/mol. The molecule has 0 heterocycles. The van der Waals surface area contributed by atoms with Crippen molar-refractivity contribution in [2.24, 2.45) is 23.7 Å². The maximum Gasteiger partial charge on any atom is 0.472 e. The minimum atomic E-state index is -4.96. The van der Waals surface area contributed by atoms with Gasteiger partial charge in [0.15, 0.2) is 12.2 Å². The Balaban J connectivity index is 5.14. The molecule has 5 atom stereocenters. The third-order valence-electron chi connectivity index (χ3n) is 17.8. The molecule has 0 aliphatic rings. The van der Waals surface area contributed by atoms with Crippen molar-refractivity contribution in [1.82, 2.24) is 0 Å². The van der Waals surface area contributed by atoms with E-state index >= 15 is 0 Å². The lowest BCUT2D eigenvalue weighted by atomic mass is 10.0. The van der Waals surface area contributed by atoms with E-state index in [0.717, 1.165) is 115 Å². The van der Waals surface area contributed by atoms with Crippen molar-refractivity contribution in [1.29, 1.82) is 0 Å². The van der Waals surface area contributed by atoms with E-state index < -0.39 is 97.5 Å². The van der Waals surface area contributed by atoms with Crippen LogP contribution in [0.15, 0.2) is 0 Å². The van der Waals surface area contributed by atoms with E-state index in [-0.39, 0.29) is 25.7 Å². The number of carbonyl (C=O) groups is 4. The number of aliphatic hydroxyl groups is 1. The third kappa shape index (κ3) is 70.5. The summed E-state index contributed by atoms with van der Waals surface area (Å²) in [5, 5.41) is 10.6. The summed E-state index contributed by atoms with van der Waals surface area (Å²) in [6, 6.07) is 0. The molecule has 96 heavy (non-hydrogen) atoms. The Hall–Kier alpha value is -1.94. The van der Waals surface area contributed by atoms with Gasteiger partial charge in [0.2, 0.25) is 0 Å². The van der Waals surface area contributed by atoms with Crippen LogP contribution in [0.5, 0.6) is 0 Å². The molecule has 0 rings (SSSR count). The SMILES string of the molecule is CC(C)CCCCCCCCCCCCCCCCCCCCC(=O)O[C@H](COC(=O)CCCCCCCCC(C)C)COP(=O)(O)OC[C@@H](O)COP(=O)(O)OC[C@@H](COC(=O)CCCCCCCCC(C)C)OC(=O)CCCCCCCCCCCCCCCCC(C)C. The summed E-state index contributed by atoms with van der Waals surface area (Å²) in [5.74, 6) is 0.850. The van der Waals surface area contributed by atoms with Gasteiger partial charge in [0.1, 0.15) is 19.3 Å². The fraction of sp³-hybridized carbons (Fsp3) is 0.948. The zero-order valence-corrected chi connectivity index (χ0v) is 64.8. The van der Waals surface area contributed by atoms with E-state index in [0.29, 0.717) is 37.5 Å². The normalized spacial score (nSPS) is 14.1. The van der Waals surface area contributed by atoms with Crippen LogP contribution in [0.2, 0.25) is 0 Å². The van der Waals surface area contributed by atoms with E-state index in [1.807, 2.05) is 0 Å². The highest BCUT2D eigenvalue weighted by atomic mass is 31.2. The average molecular weight is 1410 g/mol. The van der Waals surface area contributed by atoms with Gasteiger partial charge in [-0.15, -0.1) is 0 Å². The van der Waals surface area contributed by atoms with Crippen LogP contribution in [0.3, 0.4) is 0 Å². The second-order valence-corrected chi connectivity index (χ2v) is 32.6. The molecule has 0 saturated carbocycles. The first kappa shape index (κ1) is 94.1. The molecular formula is C77H150O17P2. The van der Waals surface area contributed by atoms with Crippen molar-refractivity contribution in [3.8, 4) is 0 Å². The van der Waals surface area contributed by atoms with Crippen LogP contribution >= 0.6 is 15.6 Å². The van der Waals surface area contributed by atoms with E-state index in [2.05, 4.69) is 55.4 Å². The number of esters is 4. The van der Waals surface area contributed by atoms with Crippen LogP contribution in [0.1, 0.15) is 389 Å². The topological polar surface area (TPSA) is 237 Å². The molecule has 0 saturated heterocycles. The Labute approximate surface area is 588 Å². The molecule has 0 amide bonds. The lowest BCUT2D eigenvalue weighted by Crippen LogP contribution is -2.30. The fourth-order valence-electron chi connectivity index (χ4n) is 11.7. The number of phosphoric ester groups is 2. The second-order valence-electron chi connectivity index (χ2n) is 29.7. The molecule has 0 bridgehead atoms. The van der Waals surface area contributed by atoms with Crippen molar-refractivity contribution in [2.45, 2.75) is 408 Å². The maximum absolute atomic E-state index is 13.1. The summed E-state index contributed by atoms with van der Waals surface area (Å²) in [6.07, 6.45) is 51.8. The summed E-state index contributed by atoms with van der Waals surface area (Å²) < 4.78 is 68.4. The molecule has 19 heteroatoms. The Bertz CT molecular complexity index is 1880. The van der Waals surface area contributed by atoms with Gasteiger partial charge in [-0.2, -0.15) is 0 Å². The van der Waals surface area contributed by atoms with Gasteiger partial charge in [0.25, 0.3) is 0 Å². The summed E-state index contributed by atoms with van der Waals surface area (Å²) in [7, 11) is -9.91. The van der Waals surface area contributed by atoms with E-state index in [9.17, 15) is 43.2 Å². The van der Waals surface area contributed by atoms with Gasteiger partial charge in [0, 0.05) is 25.7 Å². The molecule has 2 unspecified atom stereocenters. The number of hydrogen-bond acceptors (Lipinski definition) is 15. The number of rotatable bonds is 74. The number of hydrogen-bond donors (Lipinski definition) is 3. The summed E-state index contributed by atoms with van der Waals surface area (Å²) >= 11 is 0. The number of aliphatic hydroxyl groups excluding tert-OH is 1. The molecule has 17 nitrogen and oxygen atoms in total. The summed E-state index contributed by atoms with van der Waals surface area (Å²) in [5.41, 5.74) is 0. The molecule has 0 fully saturated rings. The van der Waals surface area contributed by atoms with Gasteiger partial charge < -0.3 is 33.8 Å². The highest BCUT2D eigenvalue weighted by Gasteiger charge is 2.30. The standard InChI is InChI=1S/C77H150O17P2/c1-67(2)53-45-37-29-25-21-17-13-11-9-10-12-14-19-23-27-31-43-51-59-76(81)93-72(63-87-74(79)57-49-41-35-33-39-47-55-69(5)6)65-91-95(83,84)89-61-71(78)62-90-96(85,86)92-66-73(64-88-75(80)58-50-42-36-34-40-48-56-70(7)8)94-77(82)60-52-44-32-28-24-20-16-15-18-22-26-30-38-46-54-68(3)4/h67-73,78H,9-66H2,1-8H3,(H,83,84)(H,85,86)/t71-,72-,73-/m1/s1. The highest BCUT2D eigenvalue weighted by molar-refractivity contribution is 7.47. The zero-order chi connectivity index (χ0) is 71.0. The lowest BCUT2D eigenvalue weighted by Gasteiger charge is -2.21. The van der Waals surface area contributed by atoms with Gasteiger partial charge in [-0.1, -0.05) is 338 Å². The highest BCUT2D eigenvalue weighted by Crippen LogP contribution is 2.45. The van der Waals surface area contributed by atoms with Crippen LogP contribution in [-0.2, 0) is 65.4 Å². The first-order chi connectivity index (χ1) is 46.1. The molecule has 0 radical (unpaired) electrons. The zero-order valence-electron chi connectivity index (χ0n) is 63.0. The van der Waals surface area contributed by atoms with Gasteiger partial charge in [-0.05, 0) is 49.4 Å². The van der Waals surface area contributed by atoms with Crippen LogP contribution in [0.4, 0.5) is 0 Å². The van der Waals surface area contributed by atoms with E-state index in [1.54, 1.807) is 0 Å². The number of carbonyl (C=O) groups excluding carboxylic acids is 4. The molecule has 0 aromatic rings. The maximum atomic E-state index is 13.1. The first-order valence-corrected chi connectivity index (χ1v) is 42.7. The molecule has 0 aromatic carbocycles. The molecule has 0 spiro atoms. The Kier molecular flexibility index (Phi) is 65.0. The molecule has 3 N–H and O–H groups in total. The summed E-state index contributed by atoms with van der Waals surface area (Å²) in [6.45, 7) is 14.1. The summed E-state index contributed by atoms with van der Waals surface area (Å²) in [4.78, 5) is 72.7. The minimum absolute atomic E-state index is 0.106. The van der Waals surface area contributed by atoms with Crippen LogP contribution in [0.25, 0.3) is 0 Å². The Morgan fingerprint density at radius 2 is 0.438 bits per heavy atom. The van der Waals surface area contributed by atoms with E-state index in [4.69, 9.17) is 37.0 Å². The van der Waals surface area contributed by atoms with Crippen molar-refractivity contribution in [3.05, 3.63) is 0 Å². The van der Waals surface area contributed by atoms with Gasteiger partial charge in [-0.3, -0.25) is 37.3 Å². The lowest BCUT2D eigenvalue weighted by molar-refractivity contribution is -0.161. The van der Waals surface area contributed by atoms with Crippen molar-refractivity contribution in [2.75, 3.05) is 39.6 Å². The average Bonchev–Trinajstić information content (AvgIpc) is 1.49. The minimum Gasteiger partial charge on any atom is -0.462 e. The molecule has 0 aliphatic carbocycles. The van der Waals surface area contributed by atoms with Crippen molar-refractivity contribution in [3.63, 3.8) is 0 Å². The monoisotopic (exact) mass is 1410 g/mol. The Morgan fingerprint density at radius 3 is 0.646 bits per heavy atom. The predicted octanol–water partition coefficient (Wildman–Crippen LogP) is 22.4. The van der Waals surface area contributed by atoms with Gasteiger partial charge in [0.05, 0.1) is 26.4 Å². The van der Waals surface area contributed by atoms with Crippen molar-refractivity contribution < 1.29 is 80.2 Å². The predicted molar refractivity (Wildman–Crippen MR) is 391 cm³/mol. The largest absolute Gasteiger partial charge is 0.472 e. The van der Waals surface area contributed by atoms with Gasteiger partial charge >= 0.3 is 39.5 Å². The Morgan fingerprint density at radius 1 is 0.260 bits per heavy atom. The molecule has 0 aliphatic heterocycles. The first-order valence-electron chi connectivity index (χ1n) is 39.7. The molecule has 570 valence electrons.